The highest BCUT2D eigenvalue weighted by molar-refractivity contribution is 6.42. The molecule has 5 nitrogen and oxygen atoms in total. The number of benzene rings is 3. The van der Waals surface area contributed by atoms with Crippen LogP contribution in [0.25, 0.3) is 16.9 Å². The minimum absolute atomic E-state index is 0.465. The summed E-state index contributed by atoms with van der Waals surface area (Å²) in [4.78, 5) is 0. The van der Waals surface area contributed by atoms with Crippen LogP contribution in [0.4, 0.5) is 5.69 Å². The lowest BCUT2D eigenvalue weighted by molar-refractivity contribution is 0.415. The third-order valence-electron chi connectivity index (χ3n) is 4.44. The number of nitrogens with zero attached hydrogens (tertiary/aromatic N) is 3. The van der Waals surface area contributed by atoms with Crippen molar-refractivity contribution in [2.45, 2.75) is 0 Å². The van der Waals surface area contributed by atoms with Gasteiger partial charge in [-0.15, -0.1) is 0 Å². The molecule has 0 saturated carbocycles. The number of ether oxygens (including phenoxy) is 1. The second-order valence-corrected chi connectivity index (χ2v) is 7.25. The molecule has 0 amide bonds. The van der Waals surface area contributed by atoms with E-state index in [0.717, 1.165) is 33.9 Å². The molecule has 0 radical (unpaired) electrons. The fourth-order valence-electron chi connectivity index (χ4n) is 2.91. The summed E-state index contributed by atoms with van der Waals surface area (Å²) < 4.78 is 7.09. The van der Waals surface area contributed by atoms with Gasteiger partial charge in [0.1, 0.15) is 11.4 Å². The number of para-hydroxylation sites is 1. The van der Waals surface area contributed by atoms with Gasteiger partial charge in [0, 0.05) is 17.3 Å². The van der Waals surface area contributed by atoms with Gasteiger partial charge in [0.25, 0.3) is 0 Å². The Bertz CT molecular complexity index is 1170. The molecule has 30 heavy (non-hydrogen) atoms. The summed E-state index contributed by atoms with van der Waals surface area (Å²) in [6, 6.07) is 22.9. The number of nitrogens with one attached hydrogen (secondary N) is 1. The van der Waals surface area contributed by atoms with E-state index in [-0.39, 0.29) is 0 Å². The fourth-order valence-corrected chi connectivity index (χ4v) is 3.21. The number of hydrogen-bond donors (Lipinski definition) is 1. The first-order valence-electron chi connectivity index (χ1n) is 9.17. The molecule has 0 bridgehead atoms. The maximum Gasteiger partial charge on any atom is 0.118 e. The molecule has 0 spiro atoms. The molecular weight excluding hydrogens is 419 g/mol. The van der Waals surface area contributed by atoms with Gasteiger partial charge < -0.3 is 4.74 Å². The van der Waals surface area contributed by atoms with Crippen molar-refractivity contribution in [3.8, 4) is 22.7 Å². The van der Waals surface area contributed by atoms with Crippen LogP contribution in [0, 0.1) is 0 Å². The average molecular weight is 437 g/mol. The van der Waals surface area contributed by atoms with Crippen molar-refractivity contribution in [1.29, 1.82) is 0 Å². The quantitative estimate of drug-likeness (QED) is 0.285. The number of anilines is 1. The van der Waals surface area contributed by atoms with Crippen molar-refractivity contribution in [2.75, 3.05) is 12.5 Å². The van der Waals surface area contributed by atoms with Crippen LogP contribution < -0.4 is 10.2 Å². The Labute approximate surface area is 184 Å². The maximum atomic E-state index is 6.06. The van der Waals surface area contributed by atoms with E-state index in [1.807, 2.05) is 71.5 Å². The predicted molar refractivity (Wildman–Crippen MR) is 123 cm³/mol. The third-order valence-corrected chi connectivity index (χ3v) is 5.18. The van der Waals surface area contributed by atoms with Gasteiger partial charge in [-0.05, 0) is 54.6 Å². The number of halogens is 2. The zero-order chi connectivity index (χ0) is 20.9. The van der Waals surface area contributed by atoms with Crippen LogP contribution in [-0.4, -0.2) is 23.1 Å². The Morgan fingerprint density at radius 1 is 0.967 bits per heavy atom. The van der Waals surface area contributed by atoms with Crippen molar-refractivity contribution in [3.63, 3.8) is 0 Å². The molecular formula is C23H18Cl2N4O. The zero-order valence-corrected chi connectivity index (χ0v) is 17.6. The van der Waals surface area contributed by atoms with Crippen molar-refractivity contribution in [3.05, 3.63) is 94.6 Å². The van der Waals surface area contributed by atoms with Gasteiger partial charge in [-0.25, -0.2) is 4.68 Å². The van der Waals surface area contributed by atoms with Crippen LogP contribution in [0.2, 0.25) is 10.0 Å². The lowest BCUT2D eigenvalue weighted by Gasteiger charge is -2.03. The highest BCUT2D eigenvalue weighted by Crippen LogP contribution is 2.26. The lowest BCUT2D eigenvalue weighted by atomic mass is 10.1. The van der Waals surface area contributed by atoms with Crippen molar-refractivity contribution in [2.24, 2.45) is 5.10 Å². The summed E-state index contributed by atoms with van der Waals surface area (Å²) >= 11 is 12.0. The van der Waals surface area contributed by atoms with Gasteiger partial charge in [-0.3, -0.25) is 5.43 Å². The van der Waals surface area contributed by atoms with E-state index in [2.05, 4.69) is 10.5 Å². The first kappa shape index (κ1) is 20.0. The molecule has 0 aliphatic carbocycles. The van der Waals surface area contributed by atoms with Gasteiger partial charge in [-0.1, -0.05) is 41.4 Å². The van der Waals surface area contributed by atoms with Gasteiger partial charge in [0.05, 0.1) is 34.7 Å². The van der Waals surface area contributed by atoms with Crippen LogP contribution in [0.5, 0.6) is 5.75 Å². The molecule has 1 heterocycles. The van der Waals surface area contributed by atoms with E-state index in [9.17, 15) is 0 Å². The van der Waals surface area contributed by atoms with Crippen molar-refractivity contribution >= 4 is 35.1 Å². The number of rotatable bonds is 6. The highest BCUT2D eigenvalue weighted by Gasteiger charge is 2.11. The minimum Gasteiger partial charge on any atom is -0.497 e. The monoisotopic (exact) mass is 436 g/mol. The predicted octanol–water partition coefficient (Wildman–Crippen LogP) is 6.30. The van der Waals surface area contributed by atoms with Crippen LogP contribution in [0.3, 0.4) is 0 Å². The summed E-state index contributed by atoms with van der Waals surface area (Å²) in [7, 11) is 1.64. The Hall–Kier alpha value is -3.28. The Morgan fingerprint density at radius 2 is 1.73 bits per heavy atom. The van der Waals surface area contributed by atoms with E-state index in [4.69, 9.17) is 33.0 Å². The molecule has 0 fully saturated rings. The molecule has 4 rings (SSSR count). The first-order valence-corrected chi connectivity index (χ1v) is 9.93. The van der Waals surface area contributed by atoms with Crippen LogP contribution in [0.1, 0.15) is 5.56 Å². The second kappa shape index (κ2) is 9.03. The lowest BCUT2D eigenvalue weighted by Crippen LogP contribution is -1.94. The van der Waals surface area contributed by atoms with E-state index in [1.165, 1.54) is 0 Å². The topological polar surface area (TPSA) is 51.4 Å². The number of aromatic nitrogens is 2. The molecule has 0 aliphatic rings. The summed E-state index contributed by atoms with van der Waals surface area (Å²) in [5, 5.41) is 10.1. The third kappa shape index (κ3) is 4.48. The number of hydrogen-bond acceptors (Lipinski definition) is 4. The standard InChI is InChI=1S/C23H18Cl2N4O/c1-30-20-10-7-16(8-11-20)23-17(15-29(28-23)19-5-3-2-4-6-19)14-26-27-18-9-12-21(24)22(25)13-18/h2-15,27H,1H3. The molecule has 4 aromatic rings. The zero-order valence-electron chi connectivity index (χ0n) is 16.1. The molecule has 0 unspecified atom stereocenters. The normalized spacial score (nSPS) is 11.0. The fraction of sp³-hybridized carbons (Fsp3) is 0.0435. The molecule has 1 N–H and O–H groups in total. The Morgan fingerprint density at radius 3 is 2.43 bits per heavy atom. The first-order chi connectivity index (χ1) is 14.6. The molecule has 0 saturated heterocycles. The van der Waals surface area contributed by atoms with E-state index in [1.54, 1.807) is 25.5 Å². The largest absolute Gasteiger partial charge is 0.497 e. The molecule has 1 aromatic heterocycles. The number of hydrazone groups is 1. The summed E-state index contributed by atoms with van der Waals surface area (Å²) in [6.45, 7) is 0. The van der Waals surface area contributed by atoms with Crippen LogP contribution >= 0.6 is 23.2 Å². The SMILES string of the molecule is COc1ccc(-c2nn(-c3ccccc3)cc2C=NNc2ccc(Cl)c(Cl)c2)cc1. The Kier molecular flexibility index (Phi) is 6.02. The van der Waals surface area contributed by atoms with Crippen molar-refractivity contribution in [1.82, 2.24) is 9.78 Å². The number of methoxy groups -OCH3 is 1. The van der Waals surface area contributed by atoms with Crippen LogP contribution in [-0.2, 0) is 0 Å². The van der Waals surface area contributed by atoms with Gasteiger partial charge in [-0.2, -0.15) is 10.2 Å². The second-order valence-electron chi connectivity index (χ2n) is 6.44. The van der Waals surface area contributed by atoms with Gasteiger partial charge in [0.2, 0.25) is 0 Å². The van der Waals surface area contributed by atoms with E-state index >= 15 is 0 Å². The summed E-state index contributed by atoms with van der Waals surface area (Å²) in [6.07, 6.45) is 3.67. The molecule has 150 valence electrons. The molecule has 0 atom stereocenters. The summed E-state index contributed by atoms with van der Waals surface area (Å²) in [5.74, 6) is 0.790. The minimum atomic E-state index is 0.465. The molecule has 3 aromatic carbocycles. The average Bonchev–Trinajstić information content (AvgIpc) is 3.21. The van der Waals surface area contributed by atoms with Gasteiger partial charge in [0.15, 0.2) is 0 Å². The van der Waals surface area contributed by atoms with E-state index < -0.39 is 0 Å². The summed E-state index contributed by atoms with van der Waals surface area (Å²) in [5.41, 5.74) is 7.30. The highest BCUT2D eigenvalue weighted by atomic mass is 35.5. The van der Waals surface area contributed by atoms with E-state index in [0.29, 0.717) is 10.0 Å². The van der Waals surface area contributed by atoms with Crippen molar-refractivity contribution < 1.29 is 4.74 Å². The maximum absolute atomic E-state index is 6.06. The molecule has 7 heteroatoms. The smallest absolute Gasteiger partial charge is 0.118 e. The van der Waals surface area contributed by atoms with Crippen LogP contribution in [0.15, 0.2) is 84.1 Å². The Balaban J connectivity index is 1.67. The molecule has 0 aliphatic heterocycles. The van der Waals surface area contributed by atoms with Gasteiger partial charge >= 0.3 is 0 Å².